The van der Waals surface area contributed by atoms with Gasteiger partial charge in [0.1, 0.15) is 6.29 Å². The van der Waals surface area contributed by atoms with E-state index in [1.807, 2.05) is 0 Å². The second-order valence-electron chi connectivity index (χ2n) is 3.28. The zero-order chi connectivity index (χ0) is 8.81. The largest absolute Gasteiger partial charge is 0.302 e. The van der Waals surface area contributed by atoms with Crippen LogP contribution in [0, 0.1) is 0 Å². The van der Waals surface area contributed by atoms with Crippen LogP contribution in [0.2, 0.25) is 0 Å². The van der Waals surface area contributed by atoms with Crippen molar-refractivity contribution in [1.82, 2.24) is 4.90 Å². The third-order valence-electron chi connectivity index (χ3n) is 2.40. The lowest BCUT2D eigenvalue weighted by molar-refractivity contribution is -0.113. The molecule has 0 amide bonds. The molecule has 1 unspecified atom stereocenters. The molecule has 0 aromatic heterocycles. The molecule has 0 bridgehead atoms. The molecule has 2 nitrogen and oxygen atoms in total. The fourth-order valence-electron chi connectivity index (χ4n) is 1.71. The third kappa shape index (κ3) is 2.55. The molecular formula is C9H16FNO. The van der Waals surface area contributed by atoms with Gasteiger partial charge in [0.2, 0.25) is 0 Å². The Morgan fingerprint density at radius 2 is 2.33 bits per heavy atom. The van der Waals surface area contributed by atoms with E-state index >= 15 is 0 Å². The lowest BCUT2D eigenvalue weighted by atomic mass is 10.0. The molecule has 0 aliphatic carbocycles. The maximum absolute atomic E-state index is 11.9. The highest BCUT2D eigenvalue weighted by atomic mass is 19.1. The molecule has 0 saturated carbocycles. The van der Waals surface area contributed by atoms with Crippen molar-refractivity contribution in [1.29, 1.82) is 0 Å². The molecule has 1 saturated heterocycles. The van der Waals surface area contributed by atoms with E-state index in [0.29, 0.717) is 6.42 Å². The van der Waals surface area contributed by atoms with Gasteiger partial charge in [0.15, 0.2) is 0 Å². The summed E-state index contributed by atoms with van der Waals surface area (Å²) in [5.74, 6) is 0. The van der Waals surface area contributed by atoms with Crippen LogP contribution in [-0.4, -0.2) is 37.0 Å². The van der Waals surface area contributed by atoms with Gasteiger partial charge < -0.3 is 4.79 Å². The number of aldehydes is 1. The number of halogens is 1. The fourth-order valence-corrected chi connectivity index (χ4v) is 1.71. The maximum atomic E-state index is 11.9. The highest BCUT2D eigenvalue weighted by Gasteiger charge is 2.20. The van der Waals surface area contributed by atoms with Crippen LogP contribution in [-0.2, 0) is 4.79 Å². The van der Waals surface area contributed by atoms with Crippen LogP contribution in [0.4, 0.5) is 4.39 Å². The number of hydrogen-bond donors (Lipinski definition) is 0. The van der Waals surface area contributed by atoms with Crippen LogP contribution in [0.3, 0.4) is 0 Å². The van der Waals surface area contributed by atoms with Gasteiger partial charge in [-0.3, -0.25) is 9.29 Å². The Balaban J connectivity index is 2.31. The van der Waals surface area contributed by atoms with E-state index in [1.165, 1.54) is 0 Å². The average Bonchev–Trinajstić information content (AvgIpc) is 2.15. The summed E-state index contributed by atoms with van der Waals surface area (Å²) < 4.78 is 11.9. The Kier molecular flexibility index (Phi) is 4.22. The Labute approximate surface area is 72.7 Å². The zero-order valence-corrected chi connectivity index (χ0v) is 7.34. The molecule has 12 heavy (non-hydrogen) atoms. The van der Waals surface area contributed by atoms with E-state index < -0.39 is 0 Å². The second kappa shape index (κ2) is 5.25. The van der Waals surface area contributed by atoms with Crippen molar-refractivity contribution in [2.75, 3.05) is 19.8 Å². The van der Waals surface area contributed by atoms with Gasteiger partial charge in [-0.2, -0.15) is 0 Å². The molecule has 1 aliphatic rings. The lowest BCUT2D eigenvalue weighted by Gasteiger charge is -2.31. The number of alkyl halides is 1. The first-order chi connectivity index (χ1) is 5.88. The second-order valence-corrected chi connectivity index (χ2v) is 3.28. The van der Waals surface area contributed by atoms with E-state index in [4.69, 9.17) is 0 Å². The first-order valence-corrected chi connectivity index (χ1v) is 4.64. The summed E-state index contributed by atoms with van der Waals surface area (Å²) >= 11 is 0. The predicted molar refractivity (Wildman–Crippen MR) is 45.9 cm³/mol. The first kappa shape index (κ1) is 9.65. The molecule has 1 atom stereocenters. The van der Waals surface area contributed by atoms with Crippen LogP contribution in [0.5, 0.6) is 0 Å². The number of hydrogen-bond acceptors (Lipinski definition) is 2. The Hall–Kier alpha value is -0.440. The van der Waals surface area contributed by atoms with E-state index in [0.717, 1.165) is 38.6 Å². The van der Waals surface area contributed by atoms with Gasteiger partial charge >= 0.3 is 0 Å². The topological polar surface area (TPSA) is 20.3 Å². The third-order valence-corrected chi connectivity index (χ3v) is 2.40. The van der Waals surface area contributed by atoms with Gasteiger partial charge in [-0.1, -0.05) is 6.42 Å². The quantitative estimate of drug-likeness (QED) is 0.599. The summed E-state index contributed by atoms with van der Waals surface area (Å²) in [6.07, 6.45) is 4.80. The fraction of sp³-hybridized carbons (Fsp3) is 0.889. The van der Waals surface area contributed by atoms with Crippen LogP contribution < -0.4 is 0 Å². The molecule has 0 spiro atoms. The molecule has 0 N–H and O–H groups in total. The van der Waals surface area contributed by atoms with Crippen LogP contribution >= 0.6 is 0 Å². The molecule has 0 aromatic carbocycles. The van der Waals surface area contributed by atoms with E-state index in [-0.39, 0.29) is 12.7 Å². The van der Waals surface area contributed by atoms with Crippen LogP contribution in [0.15, 0.2) is 0 Å². The van der Waals surface area contributed by atoms with E-state index in [9.17, 15) is 9.18 Å². The molecule has 1 rings (SSSR count). The normalized spacial score (nSPS) is 25.6. The van der Waals surface area contributed by atoms with Gasteiger partial charge in [-0.15, -0.1) is 0 Å². The Morgan fingerprint density at radius 3 is 3.00 bits per heavy atom. The molecule has 0 aromatic rings. The summed E-state index contributed by atoms with van der Waals surface area (Å²) in [4.78, 5) is 12.7. The van der Waals surface area contributed by atoms with Crippen molar-refractivity contribution < 1.29 is 9.18 Å². The monoisotopic (exact) mass is 173 g/mol. The van der Waals surface area contributed by atoms with Gasteiger partial charge in [0.25, 0.3) is 0 Å². The van der Waals surface area contributed by atoms with Crippen molar-refractivity contribution in [2.24, 2.45) is 0 Å². The Bertz CT molecular complexity index is 140. The first-order valence-electron chi connectivity index (χ1n) is 4.64. The minimum absolute atomic E-state index is 0.0605. The zero-order valence-electron chi connectivity index (χ0n) is 7.34. The van der Waals surface area contributed by atoms with Crippen molar-refractivity contribution in [3.63, 3.8) is 0 Å². The number of carbonyl (C=O) groups excluding carboxylic acids is 1. The average molecular weight is 173 g/mol. The van der Waals surface area contributed by atoms with Gasteiger partial charge in [0.05, 0.1) is 12.7 Å². The molecule has 1 fully saturated rings. The van der Waals surface area contributed by atoms with Crippen LogP contribution in [0.25, 0.3) is 0 Å². The van der Waals surface area contributed by atoms with Crippen molar-refractivity contribution in [3.8, 4) is 0 Å². The van der Waals surface area contributed by atoms with Gasteiger partial charge in [-0.25, -0.2) is 0 Å². The summed E-state index contributed by atoms with van der Waals surface area (Å²) in [6, 6.07) is 0.0605. The summed E-state index contributed by atoms with van der Waals surface area (Å²) in [5, 5.41) is 0. The molecule has 70 valence electrons. The minimum Gasteiger partial charge on any atom is -0.302 e. The maximum Gasteiger partial charge on any atom is 0.137 e. The number of nitrogens with zero attached hydrogens (tertiary/aromatic N) is 1. The van der Waals surface area contributed by atoms with Gasteiger partial charge in [0, 0.05) is 6.54 Å². The van der Waals surface area contributed by atoms with E-state index in [2.05, 4.69) is 4.90 Å². The number of likely N-dealkylation sites (tertiary alicyclic amines) is 1. The number of piperidine rings is 1. The lowest BCUT2D eigenvalue weighted by Crippen LogP contribution is -2.41. The number of carbonyl (C=O) groups is 1. The highest BCUT2D eigenvalue weighted by Crippen LogP contribution is 2.15. The standard InChI is InChI=1S/C9H16FNO/c10-5-3-7-11-6-2-1-4-9(11)8-12/h8-9H,1-7H2. The molecule has 0 radical (unpaired) electrons. The minimum atomic E-state index is -0.276. The SMILES string of the molecule is O=CC1CCCCN1CCCF. The molecule has 3 heteroatoms. The summed E-state index contributed by atoms with van der Waals surface area (Å²) in [6.45, 7) is 1.42. The molecular weight excluding hydrogens is 157 g/mol. The van der Waals surface area contributed by atoms with Crippen molar-refractivity contribution >= 4 is 6.29 Å². The predicted octanol–water partition coefficient (Wildman–Crippen LogP) is 1.40. The highest BCUT2D eigenvalue weighted by molar-refractivity contribution is 5.57. The van der Waals surface area contributed by atoms with Gasteiger partial charge in [-0.05, 0) is 25.8 Å². The van der Waals surface area contributed by atoms with Crippen molar-refractivity contribution in [2.45, 2.75) is 31.7 Å². The number of rotatable bonds is 4. The smallest absolute Gasteiger partial charge is 0.137 e. The van der Waals surface area contributed by atoms with E-state index in [1.54, 1.807) is 0 Å². The van der Waals surface area contributed by atoms with Crippen molar-refractivity contribution in [3.05, 3.63) is 0 Å². The Morgan fingerprint density at radius 1 is 1.50 bits per heavy atom. The van der Waals surface area contributed by atoms with Crippen LogP contribution in [0.1, 0.15) is 25.7 Å². The molecule has 1 aliphatic heterocycles. The summed E-state index contributed by atoms with van der Waals surface area (Å²) in [7, 11) is 0. The molecule has 1 heterocycles. The summed E-state index contributed by atoms with van der Waals surface area (Å²) in [5.41, 5.74) is 0.